The molecule has 1 N–H and O–H groups in total. The average Bonchev–Trinajstić information content (AvgIpc) is 2.99. The third-order valence-corrected chi connectivity index (χ3v) is 4.81. The van der Waals surface area contributed by atoms with Crippen LogP contribution in [-0.4, -0.2) is 63.3 Å². The summed E-state index contributed by atoms with van der Waals surface area (Å²) in [6.07, 6.45) is 3.20. The summed E-state index contributed by atoms with van der Waals surface area (Å²) in [7, 11) is 5.09. The fraction of sp³-hybridized carbons (Fsp3) is 0.562. The van der Waals surface area contributed by atoms with Gasteiger partial charge in [-0.3, -0.25) is 19.1 Å². The molecule has 3 amide bonds. The molecular formula is C16H22N6O3. The van der Waals surface area contributed by atoms with Gasteiger partial charge in [0.15, 0.2) is 0 Å². The van der Waals surface area contributed by atoms with E-state index in [4.69, 9.17) is 0 Å². The molecule has 0 radical (unpaired) electrons. The molecule has 9 heteroatoms. The summed E-state index contributed by atoms with van der Waals surface area (Å²) in [6, 6.07) is 1.32. The number of hydrogen-bond acceptors (Lipinski definition) is 5. The van der Waals surface area contributed by atoms with Gasteiger partial charge in [0.1, 0.15) is 5.71 Å². The molecule has 9 nitrogen and oxygen atoms in total. The third kappa shape index (κ3) is 3.26. The van der Waals surface area contributed by atoms with Crippen LogP contribution >= 0.6 is 0 Å². The molecule has 0 aliphatic carbocycles. The first-order valence-electron chi connectivity index (χ1n) is 8.27. The van der Waals surface area contributed by atoms with Crippen molar-refractivity contribution in [3.8, 4) is 0 Å². The van der Waals surface area contributed by atoms with E-state index in [0.29, 0.717) is 25.0 Å². The lowest BCUT2D eigenvalue weighted by Gasteiger charge is -2.39. The smallest absolute Gasteiger partial charge is 0.267 e. The first-order valence-corrected chi connectivity index (χ1v) is 8.27. The molecule has 1 aromatic heterocycles. The number of amides is 3. The summed E-state index contributed by atoms with van der Waals surface area (Å²) in [6.45, 7) is 0. The lowest BCUT2D eigenvalue weighted by Crippen LogP contribution is -2.53. The number of piperidine rings is 1. The van der Waals surface area contributed by atoms with Gasteiger partial charge in [-0.25, -0.2) is 5.01 Å². The summed E-state index contributed by atoms with van der Waals surface area (Å²) in [5.74, 6) is -0.358. The minimum Gasteiger partial charge on any atom is -0.346 e. The number of likely N-dealkylation sites (N-methyl/N-ethyl adjacent to an activating group) is 1. The Morgan fingerprint density at radius 1 is 1.16 bits per heavy atom. The zero-order chi connectivity index (χ0) is 18.1. The molecule has 25 heavy (non-hydrogen) atoms. The number of hydrazone groups is 1. The van der Waals surface area contributed by atoms with Gasteiger partial charge >= 0.3 is 0 Å². The van der Waals surface area contributed by atoms with Gasteiger partial charge in [-0.2, -0.15) is 10.2 Å². The molecule has 2 atom stereocenters. The van der Waals surface area contributed by atoms with E-state index in [9.17, 15) is 14.4 Å². The quantitative estimate of drug-likeness (QED) is 0.819. The van der Waals surface area contributed by atoms with Crippen LogP contribution in [0.5, 0.6) is 0 Å². The van der Waals surface area contributed by atoms with E-state index in [0.717, 1.165) is 5.69 Å². The van der Waals surface area contributed by atoms with E-state index in [1.54, 1.807) is 29.9 Å². The Kier molecular flexibility index (Phi) is 4.56. The number of carbonyl (C=O) groups excluding carboxylic acids is 3. The second-order valence-electron chi connectivity index (χ2n) is 6.41. The van der Waals surface area contributed by atoms with Gasteiger partial charge in [-0.15, -0.1) is 0 Å². The molecule has 0 spiro atoms. The zero-order valence-corrected chi connectivity index (χ0v) is 14.6. The van der Waals surface area contributed by atoms with Crippen molar-refractivity contribution in [2.75, 3.05) is 14.1 Å². The second-order valence-corrected chi connectivity index (χ2v) is 6.41. The van der Waals surface area contributed by atoms with Crippen molar-refractivity contribution in [3.05, 3.63) is 18.0 Å². The zero-order valence-electron chi connectivity index (χ0n) is 14.6. The fourth-order valence-corrected chi connectivity index (χ4v) is 3.35. The lowest BCUT2D eigenvalue weighted by molar-refractivity contribution is -0.137. The molecule has 1 fully saturated rings. The molecular weight excluding hydrogens is 324 g/mol. The molecule has 0 bridgehead atoms. The first kappa shape index (κ1) is 17.1. The predicted molar refractivity (Wildman–Crippen MR) is 89.3 cm³/mol. The van der Waals surface area contributed by atoms with Gasteiger partial charge in [0.25, 0.3) is 5.91 Å². The number of nitrogens with one attached hydrogen (secondary N) is 1. The van der Waals surface area contributed by atoms with E-state index < -0.39 is 0 Å². The van der Waals surface area contributed by atoms with Crippen LogP contribution in [0.2, 0.25) is 0 Å². The van der Waals surface area contributed by atoms with E-state index in [1.807, 2.05) is 13.1 Å². The maximum atomic E-state index is 12.6. The van der Waals surface area contributed by atoms with Gasteiger partial charge in [0.05, 0.1) is 17.8 Å². The lowest BCUT2D eigenvalue weighted by atomic mass is 9.93. The van der Waals surface area contributed by atoms with Crippen LogP contribution in [0.15, 0.2) is 17.4 Å². The van der Waals surface area contributed by atoms with Crippen LogP contribution in [0.25, 0.3) is 0 Å². The van der Waals surface area contributed by atoms with Gasteiger partial charge in [0, 0.05) is 46.6 Å². The molecule has 3 heterocycles. The van der Waals surface area contributed by atoms with E-state index in [2.05, 4.69) is 15.5 Å². The minimum atomic E-state index is -0.292. The highest BCUT2D eigenvalue weighted by Gasteiger charge is 2.38. The van der Waals surface area contributed by atoms with E-state index in [1.165, 1.54) is 5.01 Å². The summed E-state index contributed by atoms with van der Waals surface area (Å²) in [5, 5.41) is 12.4. The van der Waals surface area contributed by atoms with Crippen LogP contribution in [0.3, 0.4) is 0 Å². The fourth-order valence-electron chi connectivity index (χ4n) is 3.35. The number of likely N-dealkylation sites (tertiary alicyclic amines) is 1. The van der Waals surface area contributed by atoms with Crippen molar-refractivity contribution < 1.29 is 14.4 Å². The van der Waals surface area contributed by atoms with Gasteiger partial charge in [-0.1, -0.05) is 0 Å². The standard InChI is InChI=1S/C16H22N6O3/c1-20-13(23)6-4-10(15(20)12-8-9-17-21(12)2)18-16(25)11-5-7-14(24)22(3)19-11/h8-10,15H,4-7H2,1-3H3,(H,18,25)/t10-,15-/m1/s1. The van der Waals surface area contributed by atoms with Crippen LogP contribution < -0.4 is 5.32 Å². The first-order chi connectivity index (χ1) is 11.9. The largest absolute Gasteiger partial charge is 0.346 e. The Morgan fingerprint density at radius 2 is 1.92 bits per heavy atom. The maximum Gasteiger partial charge on any atom is 0.267 e. The van der Waals surface area contributed by atoms with Gasteiger partial charge < -0.3 is 10.2 Å². The van der Waals surface area contributed by atoms with Crippen molar-refractivity contribution >= 4 is 23.4 Å². The van der Waals surface area contributed by atoms with Crippen LogP contribution in [0.1, 0.15) is 37.4 Å². The average molecular weight is 346 g/mol. The number of aryl methyl sites for hydroxylation is 1. The van der Waals surface area contributed by atoms with Crippen LogP contribution in [0.4, 0.5) is 0 Å². The molecule has 0 aromatic carbocycles. The molecule has 3 rings (SSSR count). The van der Waals surface area contributed by atoms with Crippen molar-refractivity contribution in [1.29, 1.82) is 0 Å². The number of nitrogens with zero attached hydrogens (tertiary/aromatic N) is 5. The highest BCUT2D eigenvalue weighted by molar-refractivity contribution is 6.39. The minimum absolute atomic E-state index is 0.0389. The van der Waals surface area contributed by atoms with Crippen LogP contribution in [-0.2, 0) is 21.4 Å². The highest BCUT2D eigenvalue weighted by Crippen LogP contribution is 2.30. The molecule has 2 aliphatic heterocycles. The molecule has 0 unspecified atom stereocenters. The SMILES string of the molecule is CN1N=C(C(=O)N[C@@H]2CCC(=O)N(C)[C@H]2c2ccnn2C)CCC1=O. The van der Waals surface area contributed by atoms with Crippen LogP contribution in [0, 0.1) is 0 Å². The Hall–Kier alpha value is -2.71. The molecule has 0 saturated carbocycles. The Balaban J connectivity index is 1.81. The molecule has 2 aliphatic rings. The Labute approximate surface area is 145 Å². The van der Waals surface area contributed by atoms with Crippen molar-refractivity contribution in [1.82, 2.24) is 25.0 Å². The summed E-state index contributed by atoms with van der Waals surface area (Å²) >= 11 is 0. The molecule has 1 saturated heterocycles. The third-order valence-electron chi connectivity index (χ3n) is 4.81. The summed E-state index contributed by atoms with van der Waals surface area (Å²) < 4.78 is 1.71. The number of aromatic nitrogens is 2. The number of hydrogen-bond donors (Lipinski definition) is 1. The summed E-state index contributed by atoms with van der Waals surface area (Å²) in [4.78, 5) is 37.9. The maximum absolute atomic E-state index is 12.6. The predicted octanol–water partition coefficient (Wildman–Crippen LogP) is -0.194. The number of rotatable bonds is 3. The Bertz CT molecular complexity index is 740. The normalized spacial score (nSPS) is 24.4. The van der Waals surface area contributed by atoms with Gasteiger partial charge in [0.2, 0.25) is 11.8 Å². The molecule has 134 valence electrons. The van der Waals surface area contributed by atoms with Crippen molar-refractivity contribution in [3.63, 3.8) is 0 Å². The molecule has 1 aromatic rings. The monoisotopic (exact) mass is 346 g/mol. The summed E-state index contributed by atoms with van der Waals surface area (Å²) in [5.41, 5.74) is 1.20. The highest BCUT2D eigenvalue weighted by atomic mass is 16.2. The van der Waals surface area contributed by atoms with Crippen molar-refractivity contribution in [2.45, 2.75) is 37.8 Å². The van der Waals surface area contributed by atoms with E-state index in [-0.39, 0.29) is 36.2 Å². The van der Waals surface area contributed by atoms with E-state index >= 15 is 0 Å². The second kappa shape index (κ2) is 6.66. The Morgan fingerprint density at radius 3 is 2.56 bits per heavy atom. The number of carbonyl (C=O) groups is 3. The topological polar surface area (TPSA) is 99.9 Å². The van der Waals surface area contributed by atoms with Gasteiger partial charge in [-0.05, 0) is 12.5 Å². The van der Waals surface area contributed by atoms with Crippen molar-refractivity contribution in [2.24, 2.45) is 12.1 Å².